The zero-order chi connectivity index (χ0) is 29.2. The van der Waals surface area contributed by atoms with Gasteiger partial charge >= 0.3 is 12.1 Å². The predicted octanol–water partition coefficient (Wildman–Crippen LogP) is 3.87. The van der Waals surface area contributed by atoms with Crippen molar-refractivity contribution in [2.45, 2.75) is 49.5 Å². The molecule has 0 radical (unpaired) electrons. The number of amides is 2. The summed E-state index contributed by atoms with van der Waals surface area (Å²) in [6.07, 6.45) is -0.221. The van der Waals surface area contributed by atoms with Crippen LogP contribution in [0, 0.1) is 0 Å². The number of carboxylic acid groups (broad SMARTS) is 1. The molecule has 9 heteroatoms. The van der Waals surface area contributed by atoms with Gasteiger partial charge in [-0.2, -0.15) is 0 Å². The highest BCUT2D eigenvalue weighted by Gasteiger charge is 2.51. The molecule has 9 nitrogen and oxygen atoms in total. The molecule has 42 heavy (non-hydrogen) atoms. The lowest BCUT2D eigenvalue weighted by molar-refractivity contribution is -0.150. The van der Waals surface area contributed by atoms with Crippen molar-refractivity contribution < 1.29 is 29.0 Å². The van der Waals surface area contributed by atoms with Gasteiger partial charge in [0, 0.05) is 32.0 Å². The number of carboxylic acids is 1. The summed E-state index contributed by atoms with van der Waals surface area (Å²) >= 11 is 0. The Balaban J connectivity index is 1.19. The Labute approximate surface area is 245 Å². The smallest absolute Gasteiger partial charge is 0.407 e. The summed E-state index contributed by atoms with van der Waals surface area (Å²) in [5.74, 6) is -1.63. The van der Waals surface area contributed by atoms with E-state index in [2.05, 4.69) is 17.4 Å². The molecule has 2 heterocycles. The molecule has 6 rings (SSSR count). The number of hydrogen-bond acceptors (Lipinski definition) is 6. The summed E-state index contributed by atoms with van der Waals surface area (Å²) in [5.41, 5.74) is 5.49. The van der Waals surface area contributed by atoms with E-state index in [-0.39, 0.29) is 37.6 Å². The van der Waals surface area contributed by atoms with Crippen molar-refractivity contribution in [2.24, 2.45) is 0 Å². The summed E-state index contributed by atoms with van der Waals surface area (Å²) in [6, 6.07) is 23.7. The van der Waals surface area contributed by atoms with E-state index >= 15 is 0 Å². The fraction of sp³-hybridized carbons (Fsp3) is 0.364. The van der Waals surface area contributed by atoms with Crippen LogP contribution in [0.15, 0.2) is 78.9 Å². The number of carbonyl (C=O) groups is 3. The van der Waals surface area contributed by atoms with E-state index in [4.69, 9.17) is 9.47 Å². The third-order valence-corrected chi connectivity index (χ3v) is 8.59. The fourth-order valence-corrected chi connectivity index (χ4v) is 6.70. The highest BCUT2D eigenvalue weighted by Crippen LogP contribution is 2.44. The van der Waals surface area contributed by atoms with Crippen LogP contribution >= 0.6 is 0 Å². The molecule has 0 saturated carbocycles. The minimum absolute atomic E-state index is 0.112. The van der Waals surface area contributed by atoms with Crippen molar-refractivity contribution in [1.29, 1.82) is 0 Å². The minimum atomic E-state index is -1.07. The first-order chi connectivity index (χ1) is 20.4. The lowest BCUT2D eigenvalue weighted by Crippen LogP contribution is -2.57. The summed E-state index contributed by atoms with van der Waals surface area (Å²) < 4.78 is 11.5. The lowest BCUT2D eigenvalue weighted by atomic mass is 9.98. The average molecular weight is 570 g/mol. The predicted molar refractivity (Wildman–Crippen MR) is 156 cm³/mol. The first kappa shape index (κ1) is 27.9. The van der Waals surface area contributed by atoms with Gasteiger partial charge in [-0.15, -0.1) is 0 Å². The zero-order valence-corrected chi connectivity index (χ0v) is 23.5. The van der Waals surface area contributed by atoms with E-state index in [1.165, 1.54) is 4.90 Å². The third kappa shape index (κ3) is 5.49. The van der Waals surface area contributed by atoms with E-state index in [1.54, 1.807) is 0 Å². The molecule has 2 saturated heterocycles. The molecule has 2 aliphatic heterocycles. The Hall–Kier alpha value is -4.21. The van der Waals surface area contributed by atoms with Crippen molar-refractivity contribution in [3.63, 3.8) is 0 Å². The molecule has 218 valence electrons. The monoisotopic (exact) mass is 569 g/mol. The minimum Gasteiger partial charge on any atom is -0.480 e. The number of fused-ring (bicyclic) bond motifs is 4. The number of alkyl carbamates (subject to hydrolysis) is 1. The number of benzene rings is 3. The molecule has 3 aliphatic rings. The Kier molecular flexibility index (Phi) is 7.95. The zero-order valence-electron chi connectivity index (χ0n) is 23.5. The molecule has 0 aromatic heterocycles. The lowest BCUT2D eigenvalue weighted by Gasteiger charge is -2.32. The standard InChI is InChI=1S/C33H35N3O6/c1-35(18-21-9-3-2-4-10-21)19-27(31(37)36-28-15-16-41-30(28)17-29(36)32(38)39)34-33(40)42-20-26-24-13-7-5-11-22(24)23-12-6-8-14-25(23)26/h2-14,26-30H,15-20H2,1H3,(H,34,40)(H,38,39)/t27?,28-,29?,30-/m0/s1. The second-order valence-electron chi connectivity index (χ2n) is 11.3. The molecule has 2 fully saturated rings. The molecule has 2 amide bonds. The topological polar surface area (TPSA) is 108 Å². The Morgan fingerprint density at radius 2 is 1.64 bits per heavy atom. The van der Waals surface area contributed by atoms with Gasteiger partial charge in [-0.3, -0.25) is 9.69 Å². The van der Waals surface area contributed by atoms with Crippen molar-refractivity contribution in [3.05, 3.63) is 95.6 Å². The number of nitrogens with one attached hydrogen (secondary N) is 1. The maximum Gasteiger partial charge on any atom is 0.407 e. The highest BCUT2D eigenvalue weighted by molar-refractivity contribution is 5.90. The average Bonchev–Trinajstić information content (AvgIpc) is 3.68. The normalized spacial score (nSPS) is 21.5. The summed E-state index contributed by atoms with van der Waals surface area (Å²) in [7, 11) is 1.87. The largest absolute Gasteiger partial charge is 0.480 e. The highest BCUT2D eigenvalue weighted by atomic mass is 16.5. The van der Waals surface area contributed by atoms with Crippen LogP contribution in [0.2, 0.25) is 0 Å². The van der Waals surface area contributed by atoms with Gasteiger partial charge < -0.3 is 24.8 Å². The first-order valence-electron chi connectivity index (χ1n) is 14.4. The van der Waals surface area contributed by atoms with E-state index < -0.39 is 30.1 Å². The Morgan fingerprint density at radius 1 is 1.00 bits per heavy atom. The van der Waals surface area contributed by atoms with Crippen LogP contribution in [0.3, 0.4) is 0 Å². The third-order valence-electron chi connectivity index (χ3n) is 8.59. The van der Waals surface area contributed by atoms with Crippen LogP contribution in [0.4, 0.5) is 4.79 Å². The van der Waals surface area contributed by atoms with Gasteiger partial charge in [0.05, 0.1) is 12.1 Å². The van der Waals surface area contributed by atoms with E-state index in [0.717, 1.165) is 27.8 Å². The maximum absolute atomic E-state index is 14.0. The molecular formula is C33H35N3O6. The number of likely N-dealkylation sites (N-methyl/N-ethyl adjacent to an activating group) is 1. The van der Waals surface area contributed by atoms with Gasteiger partial charge in [0.25, 0.3) is 0 Å². The van der Waals surface area contributed by atoms with Crippen LogP contribution in [-0.4, -0.2) is 83.9 Å². The van der Waals surface area contributed by atoms with Gasteiger partial charge in [0.2, 0.25) is 5.91 Å². The summed E-state index contributed by atoms with van der Waals surface area (Å²) in [4.78, 5) is 42.8. The molecule has 2 unspecified atom stereocenters. The number of nitrogens with zero attached hydrogens (tertiary/aromatic N) is 2. The molecule has 1 aliphatic carbocycles. The number of aliphatic carboxylic acids is 1. The number of ether oxygens (including phenoxy) is 2. The second kappa shape index (κ2) is 12.0. The first-order valence-corrected chi connectivity index (χ1v) is 14.4. The quantitative estimate of drug-likeness (QED) is 0.403. The summed E-state index contributed by atoms with van der Waals surface area (Å²) in [5, 5.41) is 12.7. The molecule has 0 spiro atoms. The van der Waals surface area contributed by atoms with Crippen LogP contribution in [-0.2, 0) is 25.6 Å². The molecule has 4 atom stereocenters. The van der Waals surface area contributed by atoms with Crippen molar-refractivity contribution >= 4 is 18.0 Å². The van der Waals surface area contributed by atoms with Crippen molar-refractivity contribution in [1.82, 2.24) is 15.1 Å². The van der Waals surface area contributed by atoms with Crippen LogP contribution in [0.1, 0.15) is 35.4 Å². The van der Waals surface area contributed by atoms with Gasteiger partial charge in [-0.25, -0.2) is 9.59 Å². The van der Waals surface area contributed by atoms with Crippen LogP contribution < -0.4 is 5.32 Å². The molecule has 0 bridgehead atoms. The molecule has 3 aromatic rings. The van der Waals surface area contributed by atoms with Crippen LogP contribution in [0.25, 0.3) is 11.1 Å². The molecule has 2 N–H and O–H groups in total. The number of carbonyl (C=O) groups excluding carboxylic acids is 2. The number of hydrogen-bond donors (Lipinski definition) is 2. The fourth-order valence-electron chi connectivity index (χ4n) is 6.70. The second-order valence-corrected chi connectivity index (χ2v) is 11.3. The SMILES string of the molecule is CN(Cc1ccccc1)CC(NC(=O)OCC1c2ccccc2-c2ccccc21)C(=O)N1C(C(=O)O)C[C@@H]2OCC[C@@H]21. The van der Waals surface area contributed by atoms with E-state index in [9.17, 15) is 19.5 Å². The Morgan fingerprint density at radius 3 is 2.31 bits per heavy atom. The molecular weight excluding hydrogens is 534 g/mol. The molecule has 3 aromatic carbocycles. The van der Waals surface area contributed by atoms with Crippen molar-refractivity contribution in [2.75, 3.05) is 26.8 Å². The van der Waals surface area contributed by atoms with Crippen LogP contribution in [0.5, 0.6) is 0 Å². The van der Waals surface area contributed by atoms with Gasteiger partial charge in [0.1, 0.15) is 18.7 Å². The van der Waals surface area contributed by atoms with Gasteiger partial charge in [-0.05, 0) is 41.3 Å². The van der Waals surface area contributed by atoms with Gasteiger partial charge in [-0.1, -0.05) is 78.9 Å². The van der Waals surface area contributed by atoms with Crippen molar-refractivity contribution in [3.8, 4) is 11.1 Å². The summed E-state index contributed by atoms with van der Waals surface area (Å²) in [6.45, 7) is 1.32. The van der Waals surface area contributed by atoms with Gasteiger partial charge in [0.15, 0.2) is 0 Å². The van der Waals surface area contributed by atoms with E-state index in [1.807, 2.05) is 78.7 Å². The number of likely N-dealkylation sites (tertiary alicyclic amines) is 1. The van der Waals surface area contributed by atoms with E-state index in [0.29, 0.717) is 19.6 Å². The Bertz CT molecular complexity index is 1420. The maximum atomic E-state index is 14.0. The number of rotatable bonds is 9.